The molecule has 1 saturated heterocycles. The Kier molecular flexibility index (Phi) is 4.46. The van der Waals surface area contributed by atoms with Gasteiger partial charge in [0.15, 0.2) is 0 Å². The van der Waals surface area contributed by atoms with Crippen LogP contribution in [0, 0.1) is 15.9 Å². The summed E-state index contributed by atoms with van der Waals surface area (Å²) in [6, 6.07) is 3.76. The number of carbonyl (C=O) groups is 1. The number of nitrogens with zero attached hydrogens (tertiary/aromatic N) is 2. The van der Waals surface area contributed by atoms with Gasteiger partial charge in [-0.05, 0) is 12.1 Å². The lowest BCUT2D eigenvalue weighted by atomic mass is 10.2. The number of hydrogen-bond donors (Lipinski definition) is 2. The van der Waals surface area contributed by atoms with E-state index in [1.807, 2.05) is 0 Å². The number of hydrogen-bond acceptors (Lipinski definition) is 5. The van der Waals surface area contributed by atoms with E-state index in [1.165, 1.54) is 12.1 Å². The Hall–Kier alpha value is -2.22. The van der Waals surface area contributed by atoms with Gasteiger partial charge in [0.2, 0.25) is 11.7 Å². The van der Waals surface area contributed by atoms with Crippen LogP contribution in [0.5, 0.6) is 0 Å². The van der Waals surface area contributed by atoms with Crippen LogP contribution in [0.4, 0.5) is 15.8 Å². The number of nitro benzene ring substituents is 1. The lowest BCUT2D eigenvalue weighted by Gasteiger charge is -2.27. The molecule has 0 aromatic heterocycles. The molecule has 1 aromatic carbocycles. The maximum absolute atomic E-state index is 13.4. The summed E-state index contributed by atoms with van der Waals surface area (Å²) in [5.41, 5.74) is -0.626. The van der Waals surface area contributed by atoms with Crippen molar-refractivity contribution < 1.29 is 14.1 Å². The van der Waals surface area contributed by atoms with Crippen LogP contribution in [0.2, 0.25) is 0 Å². The minimum Gasteiger partial charge on any atom is -0.370 e. The van der Waals surface area contributed by atoms with E-state index in [0.29, 0.717) is 13.1 Å². The van der Waals surface area contributed by atoms with E-state index in [-0.39, 0.29) is 18.1 Å². The van der Waals surface area contributed by atoms with Crippen molar-refractivity contribution in [3.05, 3.63) is 34.1 Å². The van der Waals surface area contributed by atoms with Gasteiger partial charge in [0, 0.05) is 26.2 Å². The van der Waals surface area contributed by atoms with Crippen LogP contribution < -0.4 is 10.6 Å². The molecule has 20 heavy (non-hydrogen) atoms. The highest BCUT2D eigenvalue weighted by molar-refractivity contribution is 5.82. The number of rotatable bonds is 4. The minimum atomic E-state index is -0.922. The van der Waals surface area contributed by atoms with Gasteiger partial charge in [-0.15, -0.1) is 0 Å². The molecule has 0 spiro atoms. The summed E-state index contributed by atoms with van der Waals surface area (Å²) in [6.45, 7) is 2.57. The van der Waals surface area contributed by atoms with Crippen molar-refractivity contribution in [2.45, 2.75) is 0 Å². The second kappa shape index (κ2) is 6.29. The van der Waals surface area contributed by atoms with E-state index >= 15 is 0 Å². The van der Waals surface area contributed by atoms with Gasteiger partial charge in [0.25, 0.3) is 0 Å². The van der Waals surface area contributed by atoms with Gasteiger partial charge in [-0.2, -0.15) is 4.39 Å². The number of carbonyl (C=O) groups excluding carboxylic acids is 1. The molecule has 2 rings (SSSR count). The summed E-state index contributed by atoms with van der Waals surface area (Å²) < 4.78 is 13.4. The lowest BCUT2D eigenvalue weighted by Crippen LogP contribution is -2.48. The van der Waals surface area contributed by atoms with Gasteiger partial charge < -0.3 is 15.5 Å². The monoisotopic (exact) mass is 282 g/mol. The van der Waals surface area contributed by atoms with Crippen LogP contribution >= 0.6 is 0 Å². The fraction of sp³-hybridized carbons (Fsp3) is 0.417. The lowest BCUT2D eigenvalue weighted by molar-refractivity contribution is -0.386. The molecule has 0 atom stereocenters. The SMILES string of the molecule is O=C(CNc1cccc(F)c1[N+](=O)[O-])N1CCNCC1. The molecule has 0 bridgehead atoms. The third-order valence-electron chi connectivity index (χ3n) is 3.07. The van der Waals surface area contributed by atoms with Crippen LogP contribution in [0.3, 0.4) is 0 Å². The van der Waals surface area contributed by atoms with E-state index in [0.717, 1.165) is 19.2 Å². The fourth-order valence-corrected chi connectivity index (χ4v) is 2.04. The molecule has 0 saturated carbocycles. The normalized spacial score (nSPS) is 14.9. The highest BCUT2D eigenvalue weighted by Gasteiger charge is 2.21. The van der Waals surface area contributed by atoms with E-state index in [1.54, 1.807) is 4.90 Å². The van der Waals surface area contributed by atoms with Crippen molar-refractivity contribution in [3.8, 4) is 0 Å². The second-order valence-corrected chi connectivity index (χ2v) is 4.38. The van der Waals surface area contributed by atoms with Crippen LogP contribution in [-0.4, -0.2) is 48.5 Å². The van der Waals surface area contributed by atoms with Gasteiger partial charge in [-0.1, -0.05) is 6.07 Å². The summed E-state index contributed by atoms with van der Waals surface area (Å²) in [5, 5.41) is 16.6. The minimum absolute atomic E-state index is 0.0125. The molecule has 0 unspecified atom stereocenters. The molecule has 1 aromatic rings. The number of anilines is 1. The molecule has 108 valence electrons. The molecule has 8 heteroatoms. The van der Waals surface area contributed by atoms with Crippen LogP contribution in [0.15, 0.2) is 18.2 Å². The number of benzene rings is 1. The molecule has 1 amide bonds. The Morgan fingerprint density at radius 1 is 1.45 bits per heavy atom. The molecule has 0 radical (unpaired) electrons. The average molecular weight is 282 g/mol. The number of amides is 1. The van der Waals surface area contributed by atoms with Crippen LogP contribution in [-0.2, 0) is 4.79 Å². The van der Waals surface area contributed by atoms with E-state index in [4.69, 9.17) is 0 Å². The number of para-hydroxylation sites is 1. The first-order valence-electron chi connectivity index (χ1n) is 6.25. The Balaban J connectivity index is 2.02. The maximum atomic E-state index is 13.4. The van der Waals surface area contributed by atoms with Crippen molar-refractivity contribution in [1.29, 1.82) is 0 Å². The molecule has 1 aliphatic rings. The molecule has 1 fully saturated rings. The summed E-state index contributed by atoms with van der Waals surface area (Å²) in [5.74, 6) is -1.08. The highest BCUT2D eigenvalue weighted by Crippen LogP contribution is 2.26. The topological polar surface area (TPSA) is 87.5 Å². The Morgan fingerprint density at radius 3 is 2.80 bits per heavy atom. The summed E-state index contributed by atoms with van der Waals surface area (Å²) >= 11 is 0. The fourth-order valence-electron chi connectivity index (χ4n) is 2.04. The zero-order valence-corrected chi connectivity index (χ0v) is 10.8. The standard InChI is InChI=1S/C12H15FN4O3/c13-9-2-1-3-10(12(9)17(19)20)15-8-11(18)16-6-4-14-5-7-16/h1-3,14-15H,4-8H2. The molecule has 7 nitrogen and oxygen atoms in total. The van der Waals surface area contributed by atoms with Gasteiger partial charge in [-0.3, -0.25) is 14.9 Å². The Labute approximate surface area is 114 Å². The third kappa shape index (κ3) is 3.21. The molecule has 1 heterocycles. The van der Waals surface area contributed by atoms with Crippen molar-refractivity contribution in [2.24, 2.45) is 0 Å². The molecule has 1 aliphatic heterocycles. The summed E-state index contributed by atoms with van der Waals surface area (Å²) in [7, 11) is 0. The first kappa shape index (κ1) is 14.2. The largest absolute Gasteiger partial charge is 0.370 e. The summed E-state index contributed by atoms with van der Waals surface area (Å²) in [6.07, 6.45) is 0. The van der Waals surface area contributed by atoms with Crippen LogP contribution in [0.1, 0.15) is 0 Å². The van der Waals surface area contributed by atoms with Crippen molar-refractivity contribution in [2.75, 3.05) is 38.0 Å². The van der Waals surface area contributed by atoms with Gasteiger partial charge >= 0.3 is 5.69 Å². The van der Waals surface area contributed by atoms with Crippen LogP contribution in [0.25, 0.3) is 0 Å². The zero-order chi connectivity index (χ0) is 14.5. The predicted molar refractivity (Wildman–Crippen MR) is 71.0 cm³/mol. The van der Waals surface area contributed by atoms with E-state index < -0.39 is 16.4 Å². The smallest absolute Gasteiger partial charge is 0.327 e. The number of nitrogens with one attached hydrogen (secondary N) is 2. The number of piperazine rings is 1. The first-order chi connectivity index (χ1) is 9.59. The predicted octanol–water partition coefficient (Wildman–Crippen LogP) is 0.578. The number of halogens is 1. The first-order valence-corrected chi connectivity index (χ1v) is 6.25. The van der Waals surface area contributed by atoms with E-state index in [9.17, 15) is 19.3 Å². The molecule has 0 aliphatic carbocycles. The Morgan fingerprint density at radius 2 is 2.15 bits per heavy atom. The zero-order valence-electron chi connectivity index (χ0n) is 10.8. The number of nitro groups is 1. The van der Waals surface area contributed by atoms with Crippen molar-refractivity contribution in [3.63, 3.8) is 0 Å². The maximum Gasteiger partial charge on any atom is 0.327 e. The second-order valence-electron chi connectivity index (χ2n) is 4.38. The quantitative estimate of drug-likeness (QED) is 0.623. The third-order valence-corrected chi connectivity index (χ3v) is 3.07. The van der Waals surface area contributed by atoms with Crippen molar-refractivity contribution >= 4 is 17.3 Å². The van der Waals surface area contributed by atoms with Gasteiger partial charge in [0.1, 0.15) is 5.69 Å². The molecule has 2 N–H and O–H groups in total. The molecular weight excluding hydrogens is 267 g/mol. The van der Waals surface area contributed by atoms with Gasteiger partial charge in [0.05, 0.1) is 11.5 Å². The Bertz CT molecular complexity index is 517. The van der Waals surface area contributed by atoms with Crippen molar-refractivity contribution in [1.82, 2.24) is 10.2 Å². The van der Waals surface area contributed by atoms with E-state index in [2.05, 4.69) is 10.6 Å². The molecular formula is C12H15FN4O3. The average Bonchev–Trinajstić information content (AvgIpc) is 2.45. The summed E-state index contributed by atoms with van der Waals surface area (Å²) in [4.78, 5) is 23.6. The van der Waals surface area contributed by atoms with Gasteiger partial charge in [-0.25, -0.2) is 0 Å². The highest BCUT2D eigenvalue weighted by atomic mass is 19.1.